The minimum absolute atomic E-state index is 0.150. The molecule has 0 unspecified atom stereocenters. The monoisotopic (exact) mass is 349 g/mol. The Balaban J connectivity index is 1.72. The molecule has 0 aromatic carbocycles. The van der Waals surface area contributed by atoms with Crippen molar-refractivity contribution >= 4 is 11.6 Å². The average Bonchev–Trinajstić information content (AvgIpc) is 3.10. The molecule has 3 aromatic rings. The molecule has 2 aliphatic carbocycles. The third kappa shape index (κ3) is 2.81. The Bertz CT molecular complexity index is 1120. The maximum Gasteiger partial charge on any atom is 0.0749 e. The van der Waals surface area contributed by atoms with Crippen LogP contribution >= 0.6 is 0 Å². The Kier molecular flexibility index (Phi) is 3.79. The van der Waals surface area contributed by atoms with Crippen molar-refractivity contribution in [2.24, 2.45) is 5.41 Å². The maximum absolute atomic E-state index is 4.75. The summed E-state index contributed by atoms with van der Waals surface area (Å²) >= 11 is 0. The number of nitrogens with zero attached hydrogens (tertiary/aromatic N) is 3. The minimum Gasteiger partial charge on any atom is -0.265 e. The summed E-state index contributed by atoms with van der Waals surface area (Å²) in [7, 11) is 0. The van der Waals surface area contributed by atoms with Gasteiger partial charge in [0.15, 0.2) is 0 Å². The zero-order valence-corrected chi connectivity index (χ0v) is 14.9. The first-order valence-electron chi connectivity index (χ1n) is 9.19. The molecule has 3 nitrogen and oxygen atoms in total. The fourth-order valence-corrected chi connectivity index (χ4v) is 4.28. The molecule has 0 aliphatic heterocycles. The van der Waals surface area contributed by atoms with E-state index < -0.39 is 0 Å². The number of pyridine rings is 3. The second-order valence-corrected chi connectivity index (χ2v) is 7.16. The van der Waals surface area contributed by atoms with Crippen LogP contribution in [0.4, 0.5) is 0 Å². The van der Waals surface area contributed by atoms with Gasteiger partial charge in [0.25, 0.3) is 0 Å². The van der Waals surface area contributed by atoms with E-state index in [2.05, 4.69) is 64.6 Å². The van der Waals surface area contributed by atoms with Crippen LogP contribution in [0.25, 0.3) is 11.6 Å². The van der Waals surface area contributed by atoms with Crippen molar-refractivity contribution < 1.29 is 0 Å². The summed E-state index contributed by atoms with van der Waals surface area (Å²) < 4.78 is 0. The van der Waals surface area contributed by atoms with E-state index in [4.69, 9.17) is 4.98 Å². The second-order valence-electron chi connectivity index (χ2n) is 7.16. The largest absolute Gasteiger partial charge is 0.265 e. The van der Waals surface area contributed by atoms with Gasteiger partial charge in [0.05, 0.1) is 5.35 Å². The molecule has 0 amide bonds. The average molecular weight is 349 g/mol. The van der Waals surface area contributed by atoms with Crippen molar-refractivity contribution in [3.8, 4) is 0 Å². The van der Waals surface area contributed by atoms with E-state index in [9.17, 15) is 0 Å². The smallest absolute Gasteiger partial charge is 0.0749 e. The first-order chi connectivity index (χ1) is 13.3. The molecule has 3 heteroatoms. The van der Waals surface area contributed by atoms with Gasteiger partial charge in [0.1, 0.15) is 0 Å². The molecule has 0 atom stereocenters. The molecule has 5 rings (SSSR count). The fourth-order valence-electron chi connectivity index (χ4n) is 4.28. The van der Waals surface area contributed by atoms with E-state index >= 15 is 0 Å². The molecule has 0 radical (unpaired) electrons. The lowest BCUT2D eigenvalue weighted by Crippen LogP contribution is -2.35. The van der Waals surface area contributed by atoms with Crippen molar-refractivity contribution in [2.75, 3.05) is 0 Å². The van der Waals surface area contributed by atoms with Crippen LogP contribution in [0.3, 0.4) is 0 Å². The number of rotatable bonds is 4. The molecule has 0 spiro atoms. The molecule has 0 N–H and O–H groups in total. The summed E-state index contributed by atoms with van der Waals surface area (Å²) in [6, 6.07) is 12.6. The summed E-state index contributed by atoms with van der Waals surface area (Å²) in [4.78, 5) is 13.1. The molecule has 130 valence electrons. The second kappa shape index (κ2) is 6.44. The molecule has 27 heavy (non-hydrogen) atoms. The van der Waals surface area contributed by atoms with E-state index in [0.717, 1.165) is 18.2 Å². The predicted molar refractivity (Wildman–Crippen MR) is 107 cm³/mol. The van der Waals surface area contributed by atoms with Gasteiger partial charge in [-0.25, -0.2) is 0 Å². The molecular weight excluding hydrogens is 330 g/mol. The standard InChI is InChI=1S/C24H19N3/c1-3-20-15-21-4-2-10-27-23(21)22(20)24(9-1,16-18-5-11-25-12-6-18)17-19-7-13-26-14-8-19/h1-15H,16-17H2. The summed E-state index contributed by atoms with van der Waals surface area (Å²) in [5.41, 5.74) is 5.01. The molecule has 2 aliphatic rings. The molecule has 3 heterocycles. The quantitative estimate of drug-likeness (QED) is 0.727. The van der Waals surface area contributed by atoms with Crippen molar-refractivity contribution in [2.45, 2.75) is 12.8 Å². The van der Waals surface area contributed by atoms with Gasteiger partial charge in [-0.15, -0.1) is 0 Å². The van der Waals surface area contributed by atoms with Crippen LogP contribution in [-0.4, -0.2) is 15.0 Å². The SMILES string of the molecule is C1=CC(Cc2ccncc2)(Cc2ccncc2)C2=c3ncccc3=CC2=C1. The number of hydrogen-bond acceptors (Lipinski definition) is 3. The van der Waals surface area contributed by atoms with Crippen molar-refractivity contribution in [3.05, 3.63) is 113 Å². The van der Waals surface area contributed by atoms with Gasteiger partial charge in [0, 0.05) is 41.6 Å². The minimum atomic E-state index is -0.150. The summed E-state index contributed by atoms with van der Waals surface area (Å²) in [6.07, 6.45) is 20.2. The Labute approximate surface area is 158 Å². The van der Waals surface area contributed by atoms with Gasteiger partial charge in [-0.05, 0) is 71.5 Å². The zero-order chi connectivity index (χ0) is 18.1. The lowest BCUT2D eigenvalue weighted by atomic mass is 9.67. The van der Waals surface area contributed by atoms with E-state index in [0.29, 0.717) is 0 Å². The predicted octanol–water partition coefficient (Wildman–Crippen LogP) is 2.78. The van der Waals surface area contributed by atoms with Gasteiger partial charge in [0.2, 0.25) is 0 Å². The fraction of sp³-hybridized carbons (Fsp3) is 0.125. The van der Waals surface area contributed by atoms with Crippen LogP contribution < -0.4 is 10.6 Å². The first-order valence-corrected chi connectivity index (χ1v) is 9.19. The molecule has 0 fully saturated rings. The van der Waals surface area contributed by atoms with Crippen molar-refractivity contribution in [3.63, 3.8) is 0 Å². The van der Waals surface area contributed by atoms with Crippen LogP contribution in [0.2, 0.25) is 0 Å². The van der Waals surface area contributed by atoms with E-state index in [1.54, 1.807) is 0 Å². The number of allylic oxidation sites excluding steroid dienone is 4. The summed E-state index contributed by atoms with van der Waals surface area (Å²) in [5.74, 6) is 0. The lowest BCUT2D eigenvalue weighted by molar-refractivity contribution is 0.499. The highest BCUT2D eigenvalue weighted by Gasteiger charge is 2.37. The molecule has 0 bridgehead atoms. The normalized spacial score (nSPS) is 16.3. The van der Waals surface area contributed by atoms with E-state index in [-0.39, 0.29) is 5.41 Å². The zero-order valence-electron chi connectivity index (χ0n) is 14.9. The lowest BCUT2D eigenvalue weighted by Gasteiger charge is -2.35. The van der Waals surface area contributed by atoms with Gasteiger partial charge >= 0.3 is 0 Å². The van der Waals surface area contributed by atoms with Gasteiger partial charge in [-0.1, -0.05) is 24.3 Å². The Hall–Kier alpha value is -3.33. The van der Waals surface area contributed by atoms with E-state index in [1.165, 1.54) is 27.5 Å². The third-order valence-corrected chi connectivity index (χ3v) is 5.40. The topological polar surface area (TPSA) is 38.7 Å². The van der Waals surface area contributed by atoms with Crippen molar-refractivity contribution in [1.29, 1.82) is 0 Å². The van der Waals surface area contributed by atoms with Gasteiger partial charge < -0.3 is 0 Å². The third-order valence-electron chi connectivity index (χ3n) is 5.40. The molecule has 0 saturated carbocycles. The summed E-state index contributed by atoms with van der Waals surface area (Å²) in [5, 5.41) is 2.31. The summed E-state index contributed by atoms with van der Waals surface area (Å²) in [6.45, 7) is 0. The Morgan fingerprint density at radius 1 is 0.778 bits per heavy atom. The first kappa shape index (κ1) is 15.9. The number of fused-ring (bicyclic) bond motifs is 2. The number of aromatic nitrogens is 3. The molecular formula is C24H19N3. The highest BCUT2D eigenvalue weighted by molar-refractivity contribution is 5.87. The Morgan fingerprint density at radius 3 is 2.11 bits per heavy atom. The molecule has 3 aromatic heterocycles. The highest BCUT2D eigenvalue weighted by atomic mass is 14.7. The van der Waals surface area contributed by atoms with E-state index in [1.807, 2.05) is 37.1 Å². The highest BCUT2D eigenvalue weighted by Crippen LogP contribution is 2.44. The van der Waals surface area contributed by atoms with Crippen LogP contribution in [0.1, 0.15) is 11.1 Å². The molecule has 0 saturated heterocycles. The van der Waals surface area contributed by atoms with Gasteiger partial charge in [-0.3, -0.25) is 15.0 Å². The van der Waals surface area contributed by atoms with Crippen molar-refractivity contribution in [1.82, 2.24) is 15.0 Å². The van der Waals surface area contributed by atoms with Crippen LogP contribution in [-0.2, 0) is 12.8 Å². The number of hydrogen-bond donors (Lipinski definition) is 0. The Morgan fingerprint density at radius 2 is 1.44 bits per heavy atom. The van der Waals surface area contributed by atoms with Crippen LogP contribution in [0, 0.1) is 5.41 Å². The van der Waals surface area contributed by atoms with Crippen LogP contribution in [0.5, 0.6) is 0 Å². The van der Waals surface area contributed by atoms with Gasteiger partial charge in [-0.2, -0.15) is 0 Å². The van der Waals surface area contributed by atoms with Crippen LogP contribution in [0.15, 0.2) is 91.2 Å². The maximum atomic E-state index is 4.75.